The van der Waals surface area contributed by atoms with E-state index in [1.807, 2.05) is 32.8 Å². The number of carbonyl (C=O) groups is 2. The summed E-state index contributed by atoms with van der Waals surface area (Å²) in [6.45, 7) is 4.28. The van der Waals surface area contributed by atoms with Crippen LogP contribution in [0.3, 0.4) is 0 Å². The summed E-state index contributed by atoms with van der Waals surface area (Å²) in [5.74, 6) is -0.418. The lowest BCUT2D eigenvalue weighted by Crippen LogP contribution is -2.43. The number of benzene rings is 1. The van der Waals surface area contributed by atoms with Gasteiger partial charge in [-0.15, -0.1) is 0 Å². The maximum Gasteiger partial charge on any atom is 0.326 e. The Kier molecular flexibility index (Phi) is 10.5. The smallest absolute Gasteiger partial charge is 0.326 e. The minimum absolute atomic E-state index is 0.115. The number of halogens is 1. The molecule has 206 valence electrons. The van der Waals surface area contributed by atoms with E-state index < -0.39 is 27.7 Å². The van der Waals surface area contributed by atoms with Gasteiger partial charge in [0, 0.05) is 56.5 Å². The number of nitrogen functional groups attached to an aromatic ring is 1. The second-order valence-electron chi connectivity index (χ2n) is 9.43. The third-order valence-corrected chi connectivity index (χ3v) is 6.89. The summed E-state index contributed by atoms with van der Waals surface area (Å²) in [4.78, 5) is 34.1. The number of pyridine rings is 2. The Morgan fingerprint density at radius 1 is 1.13 bits per heavy atom. The Labute approximate surface area is 222 Å². The fourth-order valence-corrected chi connectivity index (χ4v) is 4.10. The highest BCUT2D eigenvalue weighted by atomic mass is 32.2. The van der Waals surface area contributed by atoms with Gasteiger partial charge in [-0.3, -0.25) is 4.79 Å². The van der Waals surface area contributed by atoms with E-state index in [4.69, 9.17) is 5.73 Å². The molecule has 3 N–H and O–H groups in total. The van der Waals surface area contributed by atoms with Crippen LogP contribution in [0.1, 0.15) is 25.8 Å². The van der Waals surface area contributed by atoms with Crippen LogP contribution in [0.15, 0.2) is 47.6 Å². The fourth-order valence-electron chi connectivity index (χ4n) is 3.54. The summed E-state index contributed by atoms with van der Waals surface area (Å²) in [7, 11) is 0.573. The van der Waals surface area contributed by atoms with Crippen molar-refractivity contribution in [2.24, 2.45) is 5.92 Å². The van der Waals surface area contributed by atoms with Crippen LogP contribution in [0.2, 0.25) is 0 Å². The lowest BCUT2D eigenvalue weighted by atomic mass is 10.00. The van der Waals surface area contributed by atoms with Gasteiger partial charge in [0.1, 0.15) is 23.5 Å². The molecule has 38 heavy (non-hydrogen) atoms. The van der Waals surface area contributed by atoms with Crippen molar-refractivity contribution in [1.29, 1.82) is 0 Å². The first-order valence-corrected chi connectivity index (χ1v) is 13.7. The molecule has 3 rings (SSSR count). The molecule has 12 heteroatoms. The highest BCUT2D eigenvalue weighted by Crippen LogP contribution is 2.25. The predicted octanol–water partition coefficient (Wildman–Crippen LogP) is 3.01. The van der Waals surface area contributed by atoms with Crippen LogP contribution in [-0.2, 0) is 25.8 Å². The number of aromatic nitrogens is 2. The topological polar surface area (TPSA) is 147 Å². The van der Waals surface area contributed by atoms with Gasteiger partial charge in [0.05, 0.1) is 4.90 Å². The monoisotopic (exact) mass is 547 g/mol. The van der Waals surface area contributed by atoms with Crippen molar-refractivity contribution in [3.63, 3.8) is 0 Å². The molecule has 0 aliphatic carbocycles. The molecule has 0 aliphatic rings. The second kappa shape index (κ2) is 13.1. The molecule has 0 bridgehead atoms. The zero-order chi connectivity index (χ0) is 28.6. The van der Waals surface area contributed by atoms with Crippen LogP contribution in [-0.4, -0.2) is 73.7 Å². The average Bonchev–Trinajstić information content (AvgIpc) is 2.85. The van der Waals surface area contributed by atoms with Crippen LogP contribution >= 0.6 is 0 Å². The number of fused-ring (bicyclic) bond motifs is 1. The summed E-state index contributed by atoms with van der Waals surface area (Å²) < 4.78 is 36.9. The van der Waals surface area contributed by atoms with Crippen molar-refractivity contribution in [3.05, 3.63) is 54.1 Å². The van der Waals surface area contributed by atoms with Crippen LogP contribution in [0, 0.1) is 11.7 Å². The Hall–Kier alpha value is -3.80. The Bertz CT molecular complexity index is 1360. The first-order chi connectivity index (χ1) is 17.8. The molecule has 3 aromatic rings. The van der Waals surface area contributed by atoms with Crippen molar-refractivity contribution in [2.75, 3.05) is 37.5 Å². The van der Waals surface area contributed by atoms with Gasteiger partial charge in [-0.1, -0.05) is 26.0 Å². The number of carboxylic acid groups (broad SMARTS) is 1. The largest absolute Gasteiger partial charge is 0.480 e. The molecular weight excluding hydrogens is 513 g/mol. The molecule has 2 aromatic heterocycles. The second-order valence-corrected chi connectivity index (χ2v) is 11.4. The van der Waals surface area contributed by atoms with Crippen molar-refractivity contribution in [3.8, 4) is 0 Å². The highest BCUT2D eigenvalue weighted by molar-refractivity contribution is 7.90. The molecule has 0 spiro atoms. The number of carbonyl (C=O) groups excluding carboxylic acids is 1. The van der Waals surface area contributed by atoms with E-state index >= 15 is 0 Å². The van der Waals surface area contributed by atoms with Gasteiger partial charge in [0.2, 0.25) is 6.41 Å². The molecule has 2 heterocycles. The number of carboxylic acids is 1. The van der Waals surface area contributed by atoms with Gasteiger partial charge >= 0.3 is 5.97 Å². The first kappa shape index (κ1) is 30.4. The fraction of sp³-hybridized carbons (Fsp3) is 0.385. The molecule has 1 aromatic carbocycles. The van der Waals surface area contributed by atoms with E-state index in [0.717, 1.165) is 5.82 Å². The molecule has 1 amide bonds. The van der Waals surface area contributed by atoms with E-state index in [-0.39, 0.29) is 28.1 Å². The van der Waals surface area contributed by atoms with Gasteiger partial charge in [-0.2, -0.15) is 0 Å². The zero-order valence-electron chi connectivity index (χ0n) is 22.1. The highest BCUT2D eigenvalue weighted by Gasteiger charge is 2.26. The van der Waals surface area contributed by atoms with E-state index in [1.54, 1.807) is 18.2 Å². The van der Waals surface area contributed by atoms with Crippen molar-refractivity contribution < 1.29 is 27.5 Å². The maximum atomic E-state index is 14.8. The molecule has 0 radical (unpaired) electrons. The number of rotatable bonds is 10. The Morgan fingerprint density at radius 3 is 2.32 bits per heavy atom. The Balaban J connectivity index is 0.000000328. The van der Waals surface area contributed by atoms with Gasteiger partial charge in [0.25, 0.3) is 0 Å². The number of aliphatic carboxylic acids is 1. The molecule has 0 saturated heterocycles. The third kappa shape index (κ3) is 8.10. The maximum absolute atomic E-state index is 14.8. The number of nitrogens with two attached hydrogens (primary N) is 1. The van der Waals surface area contributed by atoms with E-state index in [0.29, 0.717) is 30.7 Å². The first-order valence-electron chi connectivity index (χ1n) is 11.8. The summed E-state index contributed by atoms with van der Waals surface area (Å²) in [6.07, 6.45) is 5.01. The number of hydrogen-bond acceptors (Lipinski definition) is 8. The van der Waals surface area contributed by atoms with Crippen molar-refractivity contribution in [1.82, 2.24) is 14.9 Å². The normalized spacial score (nSPS) is 12.0. The summed E-state index contributed by atoms with van der Waals surface area (Å²) in [5, 5.41) is 10.3. The molecule has 0 saturated carbocycles. The standard InChI is InChI=1S/C18H22FN3O3.C8H12N2O2S/c1-11(2)6-8-22(10-23)15(18(24)25)9-12-3-4-14-13(16(12)19)5-7-21-17(14)20;1-10(2)8-5-4-7(6-9-8)13(3,11)12/h3-5,7,10-11,15H,6,8-9H2,1-2H3,(H2,20,21)(H,24,25);4-6H,1-3H3. The predicted molar refractivity (Wildman–Crippen MR) is 145 cm³/mol. The zero-order valence-corrected chi connectivity index (χ0v) is 22.9. The summed E-state index contributed by atoms with van der Waals surface area (Å²) >= 11 is 0. The number of anilines is 2. The molecule has 1 atom stereocenters. The van der Waals surface area contributed by atoms with Crippen LogP contribution < -0.4 is 10.6 Å². The minimum atomic E-state index is -3.13. The van der Waals surface area contributed by atoms with Gasteiger partial charge < -0.3 is 20.6 Å². The number of nitrogens with zero attached hydrogens (tertiary/aromatic N) is 4. The van der Waals surface area contributed by atoms with Crippen molar-refractivity contribution in [2.45, 2.75) is 37.6 Å². The number of hydrogen-bond donors (Lipinski definition) is 2. The van der Waals surface area contributed by atoms with Crippen molar-refractivity contribution >= 4 is 44.6 Å². The molecule has 10 nitrogen and oxygen atoms in total. The van der Waals surface area contributed by atoms with Gasteiger partial charge in [0.15, 0.2) is 9.84 Å². The molecule has 1 unspecified atom stereocenters. The molecule has 0 aliphatic heterocycles. The third-order valence-electron chi connectivity index (χ3n) is 5.80. The Morgan fingerprint density at radius 2 is 1.82 bits per heavy atom. The van der Waals surface area contributed by atoms with E-state index in [9.17, 15) is 27.5 Å². The van der Waals surface area contributed by atoms with Gasteiger partial charge in [-0.05, 0) is 36.1 Å². The lowest BCUT2D eigenvalue weighted by Gasteiger charge is -2.26. The van der Waals surface area contributed by atoms with E-state index in [2.05, 4.69) is 9.97 Å². The average molecular weight is 548 g/mol. The summed E-state index contributed by atoms with van der Waals surface area (Å²) in [6, 6.07) is 6.72. The van der Waals surface area contributed by atoms with Crippen LogP contribution in [0.5, 0.6) is 0 Å². The molecule has 0 fully saturated rings. The number of sulfone groups is 1. The number of amides is 1. The van der Waals surface area contributed by atoms with Crippen LogP contribution in [0.25, 0.3) is 10.8 Å². The lowest BCUT2D eigenvalue weighted by molar-refractivity contribution is -0.146. The van der Waals surface area contributed by atoms with Gasteiger partial charge in [-0.25, -0.2) is 27.6 Å². The van der Waals surface area contributed by atoms with E-state index in [1.165, 1.54) is 35.7 Å². The SMILES string of the molecule is CC(C)CCN(C=O)C(Cc1ccc2c(N)nccc2c1F)C(=O)O.CN(C)c1ccc(S(C)(=O)=O)cn1. The minimum Gasteiger partial charge on any atom is -0.480 e. The van der Waals surface area contributed by atoms with Crippen LogP contribution in [0.4, 0.5) is 16.0 Å². The quantitative estimate of drug-likeness (QED) is 0.366. The molecular formula is C26H34FN5O5S. The summed E-state index contributed by atoms with van der Waals surface area (Å²) in [5.41, 5.74) is 5.96.